The van der Waals surface area contributed by atoms with Gasteiger partial charge < -0.3 is 10.2 Å². The second-order valence-corrected chi connectivity index (χ2v) is 5.07. The number of amides is 3. The number of carbonyl (C=O) groups excluding carboxylic acids is 2. The Bertz CT molecular complexity index is 603. The molecule has 0 radical (unpaired) electrons. The first-order valence-corrected chi connectivity index (χ1v) is 7.67. The van der Waals surface area contributed by atoms with Gasteiger partial charge in [-0.3, -0.25) is 10.1 Å². The summed E-state index contributed by atoms with van der Waals surface area (Å²) in [7, 11) is 3.26. The third-order valence-electron chi connectivity index (χ3n) is 2.35. The molecule has 2 N–H and O–H groups in total. The van der Waals surface area contributed by atoms with Crippen molar-refractivity contribution in [1.29, 1.82) is 0 Å². The SMILES string of the molecule is CSC(=NCC#CC(=O)N(C)C)NC(=O)Nc1ccccc1. The smallest absolute Gasteiger partial charge is 0.325 e. The summed E-state index contributed by atoms with van der Waals surface area (Å²) in [6, 6.07) is 8.72. The van der Waals surface area contributed by atoms with E-state index in [1.807, 2.05) is 18.2 Å². The molecule has 0 heterocycles. The highest BCUT2D eigenvalue weighted by molar-refractivity contribution is 8.13. The highest BCUT2D eigenvalue weighted by atomic mass is 32.2. The fraction of sp³-hybridized carbons (Fsp3) is 0.267. The highest BCUT2D eigenvalue weighted by Crippen LogP contribution is 2.04. The van der Waals surface area contributed by atoms with Crippen molar-refractivity contribution in [3.05, 3.63) is 30.3 Å². The van der Waals surface area contributed by atoms with Gasteiger partial charge >= 0.3 is 6.03 Å². The Morgan fingerprint density at radius 1 is 1.27 bits per heavy atom. The van der Waals surface area contributed by atoms with E-state index in [1.54, 1.807) is 32.5 Å². The van der Waals surface area contributed by atoms with Crippen molar-refractivity contribution in [3.63, 3.8) is 0 Å². The van der Waals surface area contributed by atoms with E-state index in [4.69, 9.17) is 0 Å². The van der Waals surface area contributed by atoms with E-state index in [-0.39, 0.29) is 18.5 Å². The molecule has 3 amide bonds. The number of carbonyl (C=O) groups is 2. The van der Waals surface area contributed by atoms with Crippen LogP contribution in [0.5, 0.6) is 0 Å². The van der Waals surface area contributed by atoms with Crippen molar-refractivity contribution in [3.8, 4) is 11.8 Å². The van der Waals surface area contributed by atoms with Gasteiger partial charge in [-0.1, -0.05) is 35.9 Å². The number of amidine groups is 1. The van der Waals surface area contributed by atoms with Crippen molar-refractivity contribution in [1.82, 2.24) is 10.2 Å². The van der Waals surface area contributed by atoms with Crippen LogP contribution in [0.15, 0.2) is 35.3 Å². The Morgan fingerprint density at radius 3 is 2.55 bits per heavy atom. The van der Waals surface area contributed by atoms with E-state index in [1.165, 1.54) is 16.7 Å². The van der Waals surface area contributed by atoms with Crippen LogP contribution in [0.1, 0.15) is 0 Å². The van der Waals surface area contributed by atoms with Crippen LogP contribution in [0, 0.1) is 11.8 Å². The van der Waals surface area contributed by atoms with Crippen LogP contribution in [0.4, 0.5) is 10.5 Å². The minimum absolute atomic E-state index is 0.140. The molecule has 0 aliphatic rings. The third kappa shape index (κ3) is 6.81. The average Bonchev–Trinajstić information content (AvgIpc) is 2.50. The molecule has 0 saturated carbocycles. The number of anilines is 1. The summed E-state index contributed by atoms with van der Waals surface area (Å²) < 4.78 is 0. The van der Waals surface area contributed by atoms with Crippen LogP contribution in [0.2, 0.25) is 0 Å². The molecule has 0 spiro atoms. The summed E-state index contributed by atoms with van der Waals surface area (Å²) in [4.78, 5) is 28.6. The summed E-state index contributed by atoms with van der Waals surface area (Å²) in [6.45, 7) is 0.140. The van der Waals surface area contributed by atoms with E-state index in [0.29, 0.717) is 10.9 Å². The molecule has 0 atom stereocenters. The molecule has 1 aromatic rings. The largest absolute Gasteiger partial charge is 0.338 e. The Balaban J connectivity index is 2.52. The molecule has 0 saturated heterocycles. The first-order chi connectivity index (χ1) is 10.5. The van der Waals surface area contributed by atoms with Gasteiger partial charge in [-0.2, -0.15) is 0 Å². The lowest BCUT2D eigenvalue weighted by Gasteiger charge is -2.07. The second kappa shape index (κ2) is 9.47. The van der Waals surface area contributed by atoms with E-state index in [0.717, 1.165) is 0 Å². The number of rotatable bonds is 2. The third-order valence-corrected chi connectivity index (χ3v) is 2.97. The van der Waals surface area contributed by atoms with Gasteiger partial charge in [0.25, 0.3) is 5.91 Å². The van der Waals surface area contributed by atoms with E-state index >= 15 is 0 Å². The predicted molar refractivity (Wildman–Crippen MR) is 90.9 cm³/mol. The lowest BCUT2D eigenvalue weighted by Crippen LogP contribution is -2.32. The van der Waals surface area contributed by atoms with E-state index in [2.05, 4.69) is 27.5 Å². The number of nitrogens with zero attached hydrogens (tertiary/aromatic N) is 2. The van der Waals surface area contributed by atoms with Gasteiger partial charge in [-0.05, 0) is 24.3 Å². The van der Waals surface area contributed by atoms with Gasteiger partial charge in [0.2, 0.25) is 0 Å². The van der Waals surface area contributed by atoms with Crippen LogP contribution in [0.3, 0.4) is 0 Å². The number of urea groups is 1. The van der Waals surface area contributed by atoms with E-state index in [9.17, 15) is 9.59 Å². The molecule has 116 valence electrons. The predicted octanol–water partition coefficient (Wildman–Crippen LogP) is 1.62. The zero-order chi connectivity index (χ0) is 16.4. The molecule has 0 unspecified atom stereocenters. The molecule has 0 aliphatic carbocycles. The van der Waals surface area contributed by atoms with Crippen LogP contribution < -0.4 is 10.6 Å². The van der Waals surface area contributed by atoms with Crippen molar-refractivity contribution in [2.45, 2.75) is 0 Å². The molecule has 7 heteroatoms. The van der Waals surface area contributed by atoms with Gasteiger partial charge in [0, 0.05) is 19.8 Å². The van der Waals surface area contributed by atoms with Crippen LogP contribution in [-0.4, -0.2) is 48.9 Å². The van der Waals surface area contributed by atoms with Crippen LogP contribution in [0.25, 0.3) is 0 Å². The van der Waals surface area contributed by atoms with Crippen molar-refractivity contribution in [2.24, 2.45) is 4.99 Å². The first kappa shape index (κ1) is 17.6. The lowest BCUT2D eigenvalue weighted by atomic mass is 10.3. The van der Waals surface area contributed by atoms with Crippen molar-refractivity contribution >= 4 is 34.6 Å². The topological polar surface area (TPSA) is 73.8 Å². The molecule has 0 bridgehead atoms. The average molecular weight is 318 g/mol. The number of nitrogens with one attached hydrogen (secondary N) is 2. The van der Waals surface area contributed by atoms with Crippen molar-refractivity contribution in [2.75, 3.05) is 32.2 Å². The Labute approximate surface area is 134 Å². The highest BCUT2D eigenvalue weighted by Gasteiger charge is 2.04. The Kier molecular flexibility index (Phi) is 7.57. The standard InChI is InChI=1S/C15H18N4O2S/c1-19(2)13(20)10-7-11-16-15(22-3)18-14(21)17-12-8-5-4-6-9-12/h4-6,8-9H,11H2,1-3H3,(H2,16,17,18,21). The molecular formula is C15H18N4O2S. The molecule has 0 aliphatic heterocycles. The number of aliphatic imine (C=N–C) groups is 1. The number of hydrogen-bond donors (Lipinski definition) is 2. The summed E-state index contributed by atoms with van der Waals surface area (Å²) in [5.41, 5.74) is 0.692. The second-order valence-electron chi connectivity index (χ2n) is 4.27. The number of thioether (sulfide) groups is 1. The van der Waals surface area contributed by atoms with Crippen molar-refractivity contribution < 1.29 is 9.59 Å². The zero-order valence-electron chi connectivity index (χ0n) is 12.7. The summed E-state index contributed by atoms with van der Waals surface area (Å²) in [5, 5.41) is 5.75. The van der Waals surface area contributed by atoms with Gasteiger partial charge in [-0.15, -0.1) is 0 Å². The maximum absolute atomic E-state index is 11.8. The molecule has 22 heavy (non-hydrogen) atoms. The summed E-state index contributed by atoms with van der Waals surface area (Å²) in [6.07, 6.45) is 1.79. The normalized spacial score (nSPS) is 10.2. The van der Waals surface area contributed by atoms with E-state index < -0.39 is 0 Å². The molecule has 6 nitrogen and oxygen atoms in total. The molecule has 1 aromatic carbocycles. The van der Waals surface area contributed by atoms with Crippen LogP contribution >= 0.6 is 11.8 Å². The monoisotopic (exact) mass is 318 g/mol. The van der Waals surface area contributed by atoms with Gasteiger partial charge in [-0.25, -0.2) is 9.79 Å². The molecule has 0 aromatic heterocycles. The fourth-order valence-corrected chi connectivity index (χ4v) is 1.66. The van der Waals surface area contributed by atoms with Gasteiger partial charge in [0.1, 0.15) is 6.54 Å². The number of hydrogen-bond acceptors (Lipinski definition) is 4. The molecular weight excluding hydrogens is 300 g/mol. The maximum Gasteiger partial charge on any atom is 0.325 e. The molecule has 1 rings (SSSR count). The van der Waals surface area contributed by atoms with Gasteiger partial charge in [0.15, 0.2) is 5.17 Å². The quantitative estimate of drug-likeness (QED) is 0.494. The summed E-state index contributed by atoms with van der Waals surface area (Å²) >= 11 is 1.29. The zero-order valence-corrected chi connectivity index (χ0v) is 13.5. The lowest BCUT2D eigenvalue weighted by molar-refractivity contribution is -0.122. The summed E-state index contributed by atoms with van der Waals surface area (Å²) in [5.74, 6) is 4.81. The van der Waals surface area contributed by atoms with Gasteiger partial charge in [0.05, 0.1) is 0 Å². The number of benzene rings is 1. The molecule has 0 fully saturated rings. The minimum atomic E-state index is -0.378. The maximum atomic E-state index is 11.8. The number of para-hydroxylation sites is 1. The Hall–Kier alpha value is -2.46. The minimum Gasteiger partial charge on any atom is -0.338 e. The first-order valence-electron chi connectivity index (χ1n) is 6.44. The van der Waals surface area contributed by atoms with Crippen LogP contribution in [-0.2, 0) is 4.79 Å². The fourth-order valence-electron chi connectivity index (χ4n) is 1.27. The Morgan fingerprint density at radius 2 is 1.95 bits per heavy atom.